The predicted molar refractivity (Wildman–Crippen MR) is 116 cm³/mol. The van der Waals surface area contributed by atoms with Crippen LogP contribution in [-0.4, -0.2) is 23.6 Å². The van der Waals surface area contributed by atoms with Crippen LogP contribution in [-0.2, 0) is 16.8 Å². The van der Waals surface area contributed by atoms with Crippen LogP contribution in [0.5, 0.6) is 0 Å². The highest BCUT2D eigenvalue weighted by molar-refractivity contribution is 5.70. The SMILES string of the molecule is C=CC1CC(c2ccccc2)(c2ccccc2)CN1C(=O)OCc1ccccc1. The van der Waals surface area contributed by atoms with E-state index in [1.54, 1.807) is 0 Å². The van der Waals surface area contributed by atoms with E-state index in [2.05, 4.69) is 55.1 Å². The Balaban J connectivity index is 1.63. The quantitative estimate of drug-likeness (QED) is 0.539. The van der Waals surface area contributed by atoms with E-state index in [4.69, 9.17) is 4.74 Å². The molecule has 4 rings (SSSR count). The lowest BCUT2D eigenvalue weighted by Crippen LogP contribution is -2.37. The number of ether oxygens (including phenoxy) is 1. The van der Waals surface area contributed by atoms with Crippen molar-refractivity contribution < 1.29 is 9.53 Å². The maximum absolute atomic E-state index is 13.0. The average molecular weight is 383 g/mol. The number of hydrogen-bond acceptors (Lipinski definition) is 2. The molecule has 1 amide bonds. The molecule has 3 heteroatoms. The van der Waals surface area contributed by atoms with Gasteiger partial charge in [-0.2, -0.15) is 0 Å². The zero-order valence-electron chi connectivity index (χ0n) is 16.4. The molecule has 0 aliphatic carbocycles. The summed E-state index contributed by atoms with van der Waals surface area (Å²) in [6, 6.07) is 30.5. The van der Waals surface area contributed by atoms with E-state index in [0.29, 0.717) is 6.54 Å². The van der Waals surface area contributed by atoms with Gasteiger partial charge in [-0.05, 0) is 23.1 Å². The molecule has 0 aromatic heterocycles. The topological polar surface area (TPSA) is 29.5 Å². The number of benzene rings is 3. The summed E-state index contributed by atoms with van der Waals surface area (Å²) in [4.78, 5) is 14.8. The molecule has 0 bridgehead atoms. The van der Waals surface area contributed by atoms with Gasteiger partial charge in [0.1, 0.15) is 6.61 Å². The van der Waals surface area contributed by atoms with Crippen LogP contribution in [0, 0.1) is 0 Å². The van der Waals surface area contributed by atoms with Gasteiger partial charge < -0.3 is 9.64 Å². The molecular weight excluding hydrogens is 358 g/mol. The van der Waals surface area contributed by atoms with Crippen LogP contribution in [0.1, 0.15) is 23.1 Å². The standard InChI is InChI=1S/C26H25NO2/c1-2-24-18-26(22-14-8-4-9-15-22,23-16-10-5-11-17-23)20-27(24)25(28)29-19-21-12-6-3-7-13-21/h2-17,24H,1,18-20H2. The molecule has 3 aromatic carbocycles. The highest BCUT2D eigenvalue weighted by Gasteiger charge is 2.47. The summed E-state index contributed by atoms with van der Waals surface area (Å²) in [6.45, 7) is 4.83. The van der Waals surface area contributed by atoms with E-state index in [1.165, 1.54) is 11.1 Å². The molecule has 1 atom stereocenters. The molecule has 1 unspecified atom stereocenters. The third-order valence-corrected chi connectivity index (χ3v) is 5.76. The molecule has 0 spiro atoms. The number of nitrogens with zero attached hydrogens (tertiary/aromatic N) is 1. The zero-order chi connectivity index (χ0) is 20.1. The van der Waals surface area contributed by atoms with E-state index < -0.39 is 0 Å². The monoisotopic (exact) mass is 383 g/mol. The van der Waals surface area contributed by atoms with Gasteiger partial charge in [0.05, 0.1) is 6.04 Å². The summed E-state index contributed by atoms with van der Waals surface area (Å²) < 4.78 is 5.65. The Bertz CT molecular complexity index is 914. The smallest absolute Gasteiger partial charge is 0.410 e. The van der Waals surface area contributed by atoms with Crippen molar-refractivity contribution in [1.82, 2.24) is 4.90 Å². The van der Waals surface area contributed by atoms with Crippen molar-refractivity contribution in [3.8, 4) is 0 Å². The van der Waals surface area contributed by atoms with Crippen molar-refractivity contribution in [2.24, 2.45) is 0 Å². The molecule has 146 valence electrons. The fourth-order valence-electron chi connectivity index (χ4n) is 4.25. The lowest BCUT2D eigenvalue weighted by Gasteiger charge is -2.30. The van der Waals surface area contributed by atoms with Crippen molar-refractivity contribution in [3.05, 3.63) is 120 Å². The second kappa shape index (κ2) is 8.36. The Kier molecular flexibility index (Phi) is 5.48. The Morgan fingerprint density at radius 3 is 1.97 bits per heavy atom. The Morgan fingerprint density at radius 1 is 0.931 bits per heavy atom. The molecule has 0 saturated carbocycles. The maximum Gasteiger partial charge on any atom is 0.410 e. The number of amides is 1. The van der Waals surface area contributed by atoms with Crippen LogP contribution in [0.2, 0.25) is 0 Å². The second-order valence-electron chi connectivity index (χ2n) is 7.49. The van der Waals surface area contributed by atoms with Crippen LogP contribution < -0.4 is 0 Å². The molecule has 1 saturated heterocycles. The third-order valence-electron chi connectivity index (χ3n) is 5.76. The average Bonchev–Trinajstić information content (AvgIpc) is 3.21. The van der Waals surface area contributed by atoms with Gasteiger partial charge in [0.15, 0.2) is 0 Å². The van der Waals surface area contributed by atoms with Gasteiger partial charge in [-0.3, -0.25) is 0 Å². The van der Waals surface area contributed by atoms with Crippen molar-refractivity contribution in [1.29, 1.82) is 0 Å². The van der Waals surface area contributed by atoms with E-state index in [-0.39, 0.29) is 24.2 Å². The zero-order valence-corrected chi connectivity index (χ0v) is 16.4. The minimum atomic E-state index is -0.299. The van der Waals surface area contributed by atoms with Crippen LogP contribution in [0.15, 0.2) is 104 Å². The molecule has 1 aliphatic heterocycles. The first-order valence-corrected chi connectivity index (χ1v) is 9.94. The molecule has 1 aliphatic rings. The highest BCUT2D eigenvalue weighted by Crippen LogP contribution is 2.44. The number of rotatable bonds is 5. The van der Waals surface area contributed by atoms with E-state index in [9.17, 15) is 4.79 Å². The minimum Gasteiger partial charge on any atom is -0.445 e. The van der Waals surface area contributed by atoms with Crippen LogP contribution in [0.4, 0.5) is 4.79 Å². The van der Waals surface area contributed by atoms with Gasteiger partial charge in [0.2, 0.25) is 0 Å². The molecule has 1 heterocycles. The normalized spacial score (nSPS) is 17.7. The van der Waals surface area contributed by atoms with Crippen molar-refractivity contribution in [2.75, 3.05) is 6.54 Å². The van der Waals surface area contributed by atoms with Gasteiger partial charge in [0, 0.05) is 12.0 Å². The molecular formula is C26H25NO2. The van der Waals surface area contributed by atoms with Crippen molar-refractivity contribution >= 4 is 6.09 Å². The largest absolute Gasteiger partial charge is 0.445 e. The number of carbonyl (C=O) groups is 1. The Morgan fingerprint density at radius 2 is 1.45 bits per heavy atom. The van der Waals surface area contributed by atoms with Crippen LogP contribution in [0.25, 0.3) is 0 Å². The van der Waals surface area contributed by atoms with Gasteiger partial charge in [-0.25, -0.2) is 4.79 Å². The van der Waals surface area contributed by atoms with Gasteiger partial charge >= 0.3 is 6.09 Å². The number of hydrogen-bond donors (Lipinski definition) is 0. The lowest BCUT2D eigenvalue weighted by atomic mass is 9.73. The lowest BCUT2D eigenvalue weighted by molar-refractivity contribution is 0.0964. The Labute approximate surface area is 172 Å². The van der Waals surface area contributed by atoms with Crippen molar-refractivity contribution in [3.63, 3.8) is 0 Å². The highest BCUT2D eigenvalue weighted by atomic mass is 16.6. The van der Waals surface area contributed by atoms with Gasteiger partial charge in [-0.1, -0.05) is 97.1 Å². The molecule has 3 aromatic rings. The van der Waals surface area contributed by atoms with Crippen LogP contribution in [0.3, 0.4) is 0 Å². The number of carbonyl (C=O) groups excluding carboxylic acids is 1. The summed E-state index contributed by atoms with van der Waals surface area (Å²) in [6.07, 6.45) is 2.34. The fourth-order valence-corrected chi connectivity index (χ4v) is 4.25. The molecule has 0 N–H and O–H groups in total. The third kappa shape index (κ3) is 3.81. The van der Waals surface area contributed by atoms with E-state index >= 15 is 0 Å². The first kappa shape index (κ1) is 19.0. The van der Waals surface area contributed by atoms with Crippen molar-refractivity contribution in [2.45, 2.75) is 24.5 Å². The summed E-state index contributed by atoms with van der Waals surface area (Å²) in [5.41, 5.74) is 3.10. The first-order chi connectivity index (χ1) is 14.2. The maximum atomic E-state index is 13.0. The minimum absolute atomic E-state index is 0.0846. The van der Waals surface area contributed by atoms with E-state index in [0.717, 1.165) is 12.0 Å². The fraction of sp³-hybridized carbons (Fsp3) is 0.192. The molecule has 3 nitrogen and oxygen atoms in total. The molecule has 0 radical (unpaired) electrons. The Hall–Kier alpha value is -3.33. The van der Waals surface area contributed by atoms with Gasteiger partial charge in [0.25, 0.3) is 0 Å². The summed E-state index contributed by atoms with van der Waals surface area (Å²) in [5.74, 6) is 0. The number of likely N-dealkylation sites (tertiary alicyclic amines) is 1. The summed E-state index contributed by atoms with van der Waals surface area (Å²) >= 11 is 0. The van der Waals surface area contributed by atoms with Crippen LogP contribution >= 0.6 is 0 Å². The predicted octanol–water partition coefficient (Wildman–Crippen LogP) is 5.57. The van der Waals surface area contributed by atoms with E-state index in [1.807, 2.05) is 53.4 Å². The molecule has 1 fully saturated rings. The first-order valence-electron chi connectivity index (χ1n) is 9.94. The second-order valence-corrected chi connectivity index (χ2v) is 7.49. The summed E-state index contributed by atoms with van der Waals surface area (Å²) in [7, 11) is 0. The van der Waals surface area contributed by atoms with Gasteiger partial charge in [-0.15, -0.1) is 6.58 Å². The summed E-state index contributed by atoms with van der Waals surface area (Å²) in [5, 5.41) is 0. The molecule has 29 heavy (non-hydrogen) atoms.